The minimum absolute atomic E-state index is 0.211. The Morgan fingerprint density at radius 2 is 1.67 bits per heavy atom. The lowest BCUT2D eigenvalue weighted by Gasteiger charge is -2.29. The van der Waals surface area contributed by atoms with Crippen molar-refractivity contribution in [2.45, 2.75) is 57.3 Å². The molecule has 1 aliphatic carbocycles. The highest BCUT2D eigenvalue weighted by Crippen LogP contribution is 2.40. The van der Waals surface area contributed by atoms with Gasteiger partial charge in [0.2, 0.25) is 21.8 Å². The third-order valence-electron chi connectivity index (χ3n) is 4.34. The quantitative estimate of drug-likeness (QED) is 0.805. The second kappa shape index (κ2) is 6.04. The average molecular weight is 313 g/mol. The van der Waals surface area contributed by atoms with E-state index < -0.39 is 10.0 Å². The summed E-state index contributed by atoms with van der Waals surface area (Å²) in [6, 6.07) is 0. The van der Waals surface area contributed by atoms with E-state index in [4.69, 9.17) is 4.42 Å². The fourth-order valence-corrected chi connectivity index (χ4v) is 4.42. The van der Waals surface area contributed by atoms with E-state index in [1.807, 2.05) is 6.92 Å². The van der Waals surface area contributed by atoms with Crippen LogP contribution in [0.4, 0.5) is 0 Å². The molecule has 1 aromatic heterocycles. The molecule has 21 heavy (non-hydrogen) atoms. The average Bonchev–Trinajstić information content (AvgIpc) is 3.23. The molecule has 0 bridgehead atoms. The van der Waals surface area contributed by atoms with E-state index in [-0.39, 0.29) is 11.7 Å². The molecule has 0 radical (unpaired) electrons. The maximum Gasteiger partial charge on any atom is 0.219 e. The van der Waals surface area contributed by atoms with E-state index in [1.54, 1.807) is 4.31 Å². The molecule has 118 valence electrons. The van der Waals surface area contributed by atoms with E-state index in [0.29, 0.717) is 24.9 Å². The van der Waals surface area contributed by atoms with Gasteiger partial charge in [-0.15, -0.1) is 10.2 Å². The number of sulfonamides is 1. The first-order valence-electron chi connectivity index (χ1n) is 7.91. The monoisotopic (exact) mass is 313 g/mol. The SMILES string of the molecule is CCCCS(=O)(=O)N1CCC(c2nnc(C3CC3)o2)CC1. The van der Waals surface area contributed by atoms with Crippen molar-refractivity contribution in [2.24, 2.45) is 0 Å². The van der Waals surface area contributed by atoms with Crippen molar-refractivity contribution in [1.29, 1.82) is 0 Å². The lowest BCUT2D eigenvalue weighted by Crippen LogP contribution is -2.39. The summed E-state index contributed by atoms with van der Waals surface area (Å²) in [6.45, 7) is 3.14. The van der Waals surface area contributed by atoms with Crippen molar-refractivity contribution in [1.82, 2.24) is 14.5 Å². The van der Waals surface area contributed by atoms with Crippen LogP contribution in [-0.4, -0.2) is 41.8 Å². The molecule has 7 heteroatoms. The summed E-state index contributed by atoms with van der Waals surface area (Å²) in [6.07, 6.45) is 5.49. The molecule has 1 saturated carbocycles. The standard InChI is InChI=1S/C14H23N3O3S/c1-2-3-10-21(18,19)17-8-6-12(7-9-17)14-16-15-13(20-14)11-4-5-11/h11-12H,2-10H2,1H3. The summed E-state index contributed by atoms with van der Waals surface area (Å²) < 4.78 is 31.7. The maximum atomic E-state index is 12.2. The van der Waals surface area contributed by atoms with Crippen LogP contribution < -0.4 is 0 Å². The Balaban J connectivity index is 1.56. The number of hydrogen-bond acceptors (Lipinski definition) is 5. The molecule has 0 N–H and O–H groups in total. The van der Waals surface area contributed by atoms with Crippen LogP contribution in [0.3, 0.4) is 0 Å². The van der Waals surface area contributed by atoms with Crippen LogP contribution in [-0.2, 0) is 10.0 Å². The molecule has 2 heterocycles. The molecule has 1 aromatic rings. The summed E-state index contributed by atoms with van der Waals surface area (Å²) in [5, 5.41) is 8.27. The smallest absolute Gasteiger partial charge is 0.219 e. The van der Waals surface area contributed by atoms with Gasteiger partial charge in [0.1, 0.15) is 0 Å². The third kappa shape index (κ3) is 3.45. The first-order chi connectivity index (χ1) is 10.1. The minimum atomic E-state index is -3.08. The van der Waals surface area contributed by atoms with Crippen molar-refractivity contribution in [3.63, 3.8) is 0 Å². The zero-order valence-electron chi connectivity index (χ0n) is 12.5. The predicted molar refractivity (Wildman–Crippen MR) is 78.5 cm³/mol. The number of rotatable bonds is 6. The molecule has 0 atom stereocenters. The van der Waals surface area contributed by atoms with Gasteiger partial charge in [-0.05, 0) is 32.1 Å². The topological polar surface area (TPSA) is 76.3 Å². The van der Waals surface area contributed by atoms with Crippen LogP contribution in [0.25, 0.3) is 0 Å². The lowest BCUT2D eigenvalue weighted by molar-refractivity contribution is 0.286. The summed E-state index contributed by atoms with van der Waals surface area (Å²) in [5.74, 6) is 2.41. The van der Waals surface area contributed by atoms with Crippen LogP contribution in [0, 0.1) is 0 Å². The molecule has 0 aromatic carbocycles. The van der Waals surface area contributed by atoms with Crippen molar-refractivity contribution in [3.8, 4) is 0 Å². The van der Waals surface area contributed by atoms with Crippen molar-refractivity contribution >= 4 is 10.0 Å². The van der Waals surface area contributed by atoms with Gasteiger partial charge in [-0.3, -0.25) is 0 Å². The molecule has 1 aliphatic heterocycles. The summed E-state index contributed by atoms with van der Waals surface area (Å²) in [5.41, 5.74) is 0. The van der Waals surface area contributed by atoms with E-state index in [0.717, 1.165) is 44.4 Å². The summed E-state index contributed by atoms with van der Waals surface area (Å²) >= 11 is 0. The number of aromatic nitrogens is 2. The molecule has 0 unspecified atom stereocenters. The van der Waals surface area contributed by atoms with Gasteiger partial charge in [0.15, 0.2) is 0 Å². The van der Waals surface area contributed by atoms with E-state index in [9.17, 15) is 8.42 Å². The van der Waals surface area contributed by atoms with E-state index in [2.05, 4.69) is 10.2 Å². The van der Waals surface area contributed by atoms with Gasteiger partial charge in [-0.25, -0.2) is 12.7 Å². The van der Waals surface area contributed by atoms with Crippen molar-refractivity contribution < 1.29 is 12.8 Å². The highest BCUT2D eigenvalue weighted by Gasteiger charge is 2.33. The first kappa shape index (κ1) is 15.0. The van der Waals surface area contributed by atoms with Crippen LogP contribution in [0.2, 0.25) is 0 Å². The zero-order chi connectivity index (χ0) is 14.9. The molecular formula is C14H23N3O3S. The molecule has 1 saturated heterocycles. The number of hydrogen-bond donors (Lipinski definition) is 0. The molecule has 6 nitrogen and oxygen atoms in total. The Labute approximate surface area is 126 Å². The second-order valence-electron chi connectivity index (χ2n) is 6.10. The van der Waals surface area contributed by atoms with E-state index in [1.165, 1.54) is 0 Å². The van der Waals surface area contributed by atoms with Gasteiger partial charge in [0.25, 0.3) is 0 Å². The lowest BCUT2D eigenvalue weighted by atomic mass is 9.98. The molecule has 0 spiro atoms. The van der Waals surface area contributed by atoms with Crippen LogP contribution in [0.5, 0.6) is 0 Å². The Hall–Kier alpha value is -0.950. The maximum absolute atomic E-state index is 12.2. The van der Waals surface area contributed by atoms with Gasteiger partial charge >= 0.3 is 0 Å². The molecule has 2 fully saturated rings. The largest absolute Gasteiger partial charge is 0.425 e. The highest BCUT2D eigenvalue weighted by atomic mass is 32.2. The Morgan fingerprint density at radius 3 is 2.19 bits per heavy atom. The summed E-state index contributed by atoms with van der Waals surface area (Å²) in [7, 11) is -3.08. The Bertz CT molecular complexity index is 572. The van der Waals surface area contributed by atoms with Gasteiger partial charge in [0.05, 0.1) is 5.75 Å². The number of unbranched alkanes of at least 4 members (excludes halogenated alkanes) is 1. The Kier molecular flexibility index (Phi) is 4.31. The van der Waals surface area contributed by atoms with Crippen LogP contribution in [0.1, 0.15) is 69.1 Å². The Morgan fingerprint density at radius 1 is 1.10 bits per heavy atom. The van der Waals surface area contributed by atoms with Crippen molar-refractivity contribution in [2.75, 3.05) is 18.8 Å². The number of nitrogens with zero attached hydrogens (tertiary/aromatic N) is 3. The summed E-state index contributed by atoms with van der Waals surface area (Å²) in [4.78, 5) is 0. The molecule has 0 amide bonds. The van der Waals surface area contributed by atoms with Gasteiger partial charge in [0, 0.05) is 24.9 Å². The fraction of sp³-hybridized carbons (Fsp3) is 0.857. The number of piperidine rings is 1. The molecule has 3 rings (SSSR count). The normalized spacial score (nSPS) is 21.8. The zero-order valence-corrected chi connectivity index (χ0v) is 13.3. The van der Waals surface area contributed by atoms with Crippen molar-refractivity contribution in [3.05, 3.63) is 11.8 Å². The van der Waals surface area contributed by atoms with E-state index >= 15 is 0 Å². The van der Waals surface area contributed by atoms with Gasteiger partial charge in [-0.1, -0.05) is 13.3 Å². The first-order valence-corrected chi connectivity index (χ1v) is 9.52. The van der Waals surface area contributed by atoms with Crippen LogP contribution in [0.15, 0.2) is 4.42 Å². The predicted octanol–water partition coefficient (Wildman–Crippen LogP) is 2.26. The fourth-order valence-electron chi connectivity index (χ4n) is 2.74. The third-order valence-corrected chi connectivity index (χ3v) is 6.29. The van der Waals surface area contributed by atoms with Gasteiger partial charge in [-0.2, -0.15) is 0 Å². The molecule has 2 aliphatic rings. The second-order valence-corrected chi connectivity index (χ2v) is 8.18. The van der Waals surface area contributed by atoms with Gasteiger partial charge < -0.3 is 4.42 Å². The van der Waals surface area contributed by atoms with Crippen LogP contribution >= 0.6 is 0 Å². The molecular weight excluding hydrogens is 290 g/mol. The highest BCUT2D eigenvalue weighted by molar-refractivity contribution is 7.89. The minimum Gasteiger partial charge on any atom is -0.425 e.